The summed E-state index contributed by atoms with van der Waals surface area (Å²) in [6, 6.07) is 10.9. The van der Waals surface area contributed by atoms with Crippen molar-refractivity contribution in [3.63, 3.8) is 0 Å². The van der Waals surface area contributed by atoms with Gasteiger partial charge in [-0.1, -0.05) is 17.7 Å². The molecule has 0 fully saturated rings. The van der Waals surface area contributed by atoms with E-state index in [0.717, 1.165) is 15.8 Å². The van der Waals surface area contributed by atoms with E-state index in [9.17, 15) is 4.79 Å². The molecule has 5 heteroatoms. The Hall–Kier alpha value is -1.91. The number of hydrogen-bond donors (Lipinski definition) is 1. The lowest BCUT2D eigenvalue weighted by atomic mass is 10.2. The Morgan fingerprint density at radius 3 is 2.90 bits per heavy atom. The first-order chi connectivity index (χ1) is 9.63. The van der Waals surface area contributed by atoms with E-state index in [0.29, 0.717) is 16.3 Å². The van der Waals surface area contributed by atoms with Crippen LogP contribution in [0.25, 0.3) is 10.2 Å². The average molecular weight is 303 g/mol. The van der Waals surface area contributed by atoms with Crippen molar-refractivity contribution in [2.75, 3.05) is 5.32 Å². The van der Waals surface area contributed by atoms with E-state index in [1.807, 2.05) is 31.2 Å². The molecule has 0 spiro atoms. The maximum atomic E-state index is 12.2. The fourth-order valence-electron chi connectivity index (χ4n) is 1.87. The third-order valence-corrected chi connectivity index (χ3v) is 4.22. The number of fused-ring (bicyclic) bond motifs is 1. The van der Waals surface area contributed by atoms with E-state index in [-0.39, 0.29) is 5.91 Å². The van der Waals surface area contributed by atoms with Crippen molar-refractivity contribution in [2.24, 2.45) is 0 Å². The van der Waals surface area contributed by atoms with Crippen molar-refractivity contribution in [1.29, 1.82) is 0 Å². The summed E-state index contributed by atoms with van der Waals surface area (Å²) in [5.41, 5.74) is 4.96. The summed E-state index contributed by atoms with van der Waals surface area (Å²) in [5, 5.41) is 3.48. The highest BCUT2D eigenvalue weighted by Crippen LogP contribution is 2.22. The molecule has 3 nitrogen and oxygen atoms in total. The van der Waals surface area contributed by atoms with Crippen LogP contribution in [-0.2, 0) is 0 Å². The van der Waals surface area contributed by atoms with E-state index in [4.69, 9.17) is 11.6 Å². The van der Waals surface area contributed by atoms with Gasteiger partial charge < -0.3 is 5.32 Å². The van der Waals surface area contributed by atoms with Gasteiger partial charge in [0.25, 0.3) is 5.91 Å². The molecule has 0 unspecified atom stereocenters. The standard InChI is InChI=1S/C15H11ClN2OS/c1-9-2-4-11(7-12(9)16)18-15(19)10-3-5-13-14(6-10)20-8-17-13/h2-8H,1H3,(H,18,19). The average Bonchev–Trinajstić information content (AvgIpc) is 2.90. The molecule has 3 aromatic rings. The van der Waals surface area contributed by atoms with Crippen LogP contribution < -0.4 is 5.32 Å². The number of aryl methyl sites for hydroxylation is 1. The third kappa shape index (κ3) is 2.53. The fourth-order valence-corrected chi connectivity index (χ4v) is 2.77. The second-order valence-electron chi connectivity index (χ2n) is 4.45. The molecule has 3 rings (SSSR count). The van der Waals surface area contributed by atoms with Crippen LogP contribution >= 0.6 is 22.9 Å². The molecule has 2 aromatic carbocycles. The summed E-state index contributed by atoms with van der Waals surface area (Å²) in [4.78, 5) is 16.4. The van der Waals surface area contributed by atoms with Crippen molar-refractivity contribution >= 4 is 44.7 Å². The van der Waals surface area contributed by atoms with Gasteiger partial charge in [-0.05, 0) is 42.8 Å². The molecule has 1 aromatic heterocycles. The van der Waals surface area contributed by atoms with Crippen LogP contribution in [0, 0.1) is 6.92 Å². The summed E-state index contributed by atoms with van der Waals surface area (Å²) in [7, 11) is 0. The predicted octanol–water partition coefficient (Wildman–Crippen LogP) is 4.51. The minimum Gasteiger partial charge on any atom is -0.322 e. The summed E-state index contributed by atoms with van der Waals surface area (Å²) in [5.74, 6) is -0.153. The van der Waals surface area contributed by atoms with Gasteiger partial charge >= 0.3 is 0 Å². The van der Waals surface area contributed by atoms with Gasteiger partial charge in [-0.25, -0.2) is 4.98 Å². The minimum absolute atomic E-state index is 0.153. The van der Waals surface area contributed by atoms with Crippen molar-refractivity contribution in [3.8, 4) is 0 Å². The van der Waals surface area contributed by atoms with E-state index < -0.39 is 0 Å². The Morgan fingerprint density at radius 1 is 1.25 bits per heavy atom. The summed E-state index contributed by atoms with van der Waals surface area (Å²) >= 11 is 7.57. The maximum Gasteiger partial charge on any atom is 0.255 e. The number of aromatic nitrogens is 1. The Labute approximate surface area is 125 Å². The number of carbonyl (C=O) groups excluding carboxylic acids is 1. The largest absolute Gasteiger partial charge is 0.322 e. The molecule has 1 heterocycles. The molecule has 1 amide bonds. The number of halogens is 1. The number of anilines is 1. The zero-order valence-corrected chi connectivity index (χ0v) is 12.3. The van der Waals surface area contributed by atoms with Crippen LogP contribution in [0.1, 0.15) is 15.9 Å². The normalized spacial score (nSPS) is 10.7. The molecule has 0 bridgehead atoms. The summed E-state index contributed by atoms with van der Waals surface area (Å²) in [6.45, 7) is 1.92. The second-order valence-corrected chi connectivity index (χ2v) is 5.75. The summed E-state index contributed by atoms with van der Waals surface area (Å²) in [6.07, 6.45) is 0. The van der Waals surface area contributed by atoms with E-state index >= 15 is 0 Å². The van der Waals surface area contributed by atoms with Crippen molar-refractivity contribution in [2.45, 2.75) is 6.92 Å². The van der Waals surface area contributed by atoms with Gasteiger partial charge in [-0.15, -0.1) is 11.3 Å². The lowest BCUT2D eigenvalue weighted by molar-refractivity contribution is 0.102. The van der Waals surface area contributed by atoms with Gasteiger partial charge in [-0.2, -0.15) is 0 Å². The predicted molar refractivity (Wildman–Crippen MR) is 83.8 cm³/mol. The highest BCUT2D eigenvalue weighted by atomic mass is 35.5. The molecule has 0 aliphatic rings. The number of nitrogens with one attached hydrogen (secondary N) is 1. The molecule has 0 atom stereocenters. The fraction of sp³-hybridized carbons (Fsp3) is 0.0667. The van der Waals surface area contributed by atoms with E-state index in [1.165, 1.54) is 11.3 Å². The molecule has 1 N–H and O–H groups in total. The number of thiazole rings is 1. The third-order valence-electron chi connectivity index (χ3n) is 3.02. The monoisotopic (exact) mass is 302 g/mol. The molecule has 20 heavy (non-hydrogen) atoms. The zero-order valence-electron chi connectivity index (χ0n) is 10.7. The molecule has 0 aliphatic heterocycles. The van der Waals surface area contributed by atoms with Gasteiger partial charge in [0.05, 0.1) is 15.7 Å². The quantitative estimate of drug-likeness (QED) is 0.756. The van der Waals surface area contributed by atoms with Crippen LogP contribution in [0.2, 0.25) is 5.02 Å². The minimum atomic E-state index is -0.153. The molecule has 100 valence electrons. The molecule has 0 saturated heterocycles. The lowest BCUT2D eigenvalue weighted by Crippen LogP contribution is -2.11. The highest BCUT2D eigenvalue weighted by molar-refractivity contribution is 7.16. The van der Waals surface area contributed by atoms with Gasteiger partial charge in [0.2, 0.25) is 0 Å². The molecular weight excluding hydrogens is 292 g/mol. The Balaban J connectivity index is 1.86. The molecule has 0 saturated carbocycles. The van der Waals surface area contributed by atoms with Crippen molar-refractivity contribution in [1.82, 2.24) is 4.98 Å². The Kier molecular flexibility index (Phi) is 3.42. The number of hydrogen-bond acceptors (Lipinski definition) is 3. The lowest BCUT2D eigenvalue weighted by Gasteiger charge is -2.07. The molecule has 0 aliphatic carbocycles. The van der Waals surface area contributed by atoms with Crippen LogP contribution in [0.4, 0.5) is 5.69 Å². The topological polar surface area (TPSA) is 42.0 Å². The first-order valence-electron chi connectivity index (χ1n) is 6.04. The maximum absolute atomic E-state index is 12.2. The van der Waals surface area contributed by atoms with Crippen LogP contribution in [0.5, 0.6) is 0 Å². The van der Waals surface area contributed by atoms with Gasteiger partial charge in [0, 0.05) is 16.3 Å². The first-order valence-corrected chi connectivity index (χ1v) is 7.30. The number of amides is 1. The van der Waals surface area contributed by atoms with Gasteiger partial charge in [0.1, 0.15) is 0 Å². The number of benzene rings is 2. The van der Waals surface area contributed by atoms with Crippen LogP contribution in [-0.4, -0.2) is 10.9 Å². The second kappa shape index (κ2) is 5.23. The first kappa shape index (κ1) is 13.1. The number of rotatable bonds is 2. The molecule has 0 radical (unpaired) electrons. The zero-order chi connectivity index (χ0) is 14.1. The van der Waals surface area contributed by atoms with E-state index in [2.05, 4.69) is 10.3 Å². The van der Waals surface area contributed by atoms with Crippen LogP contribution in [0.3, 0.4) is 0 Å². The number of nitrogens with zero attached hydrogens (tertiary/aromatic N) is 1. The van der Waals surface area contributed by atoms with E-state index in [1.54, 1.807) is 17.6 Å². The molecular formula is C15H11ClN2OS. The van der Waals surface area contributed by atoms with Gasteiger partial charge in [0.15, 0.2) is 0 Å². The van der Waals surface area contributed by atoms with Crippen molar-refractivity contribution < 1.29 is 4.79 Å². The SMILES string of the molecule is Cc1ccc(NC(=O)c2ccc3ncsc3c2)cc1Cl. The van der Waals surface area contributed by atoms with Crippen LogP contribution in [0.15, 0.2) is 41.9 Å². The highest BCUT2D eigenvalue weighted by Gasteiger charge is 2.08. The summed E-state index contributed by atoms with van der Waals surface area (Å²) < 4.78 is 1.000. The Morgan fingerprint density at radius 2 is 2.10 bits per heavy atom. The number of carbonyl (C=O) groups is 1. The van der Waals surface area contributed by atoms with Crippen molar-refractivity contribution in [3.05, 3.63) is 58.1 Å². The Bertz CT molecular complexity index is 797. The van der Waals surface area contributed by atoms with Gasteiger partial charge in [-0.3, -0.25) is 4.79 Å². The smallest absolute Gasteiger partial charge is 0.255 e.